The molecule has 0 radical (unpaired) electrons. The summed E-state index contributed by atoms with van der Waals surface area (Å²) in [5, 5.41) is 14.9. The van der Waals surface area contributed by atoms with Crippen molar-refractivity contribution in [2.24, 2.45) is 0 Å². The fraction of sp³-hybridized carbons (Fsp3) is 0.120. The molecular weight excluding hydrogens is 450 g/mol. The number of nitrogens with one attached hydrogen (secondary N) is 2. The molecule has 0 aliphatic heterocycles. The molecule has 0 saturated carbocycles. The van der Waals surface area contributed by atoms with Crippen LogP contribution < -0.4 is 15.4 Å². The Morgan fingerprint density at radius 2 is 1.53 bits per heavy atom. The number of benzene rings is 3. The van der Waals surface area contributed by atoms with Crippen LogP contribution in [0.1, 0.15) is 6.92 Å². The fourth-order valence-corrected chi connectivity index (χ4v) is 4.02. The molecule has 3 aromatic carbocycles. The van der Waals surface area contributed by atoms with Gasteiger partial charge in [0, 0.05) is 29.5 Å². The number of hydrogen-bond donors (Lipinski definition) is 2. The Labute approximate surface area is 201 Å². The summed E-state index contributed by atoms with van der Waals surface area (Å²) in [6.45, 7) is 1.45. The quantitative estimate of drug-likeness (QED) is 0.362. The average molecular weight is 474 g/mol. The minimum absolute atomic E-state index is 0.148. The van der Waals surface area contributed by atoms with Crippen LogP contribution in [-0.2, 0) is 9.59 Å². The van der Waals surface area contributed by atoms with Gasteiger partial charge in [-0.05, 0) is 60.7 Å². The van der Waals surface area contributed by atoms with Gasteiger partial charge in [-0.3, -0.25) is 14.2 Å². The molecule has 8 nitrogen and oxygen atoms in total. The first kappa shape index (κ1) is 23.1. The molecule has 2 amide bonds. The van der Waals surface area contributed by atoms with Crippen molar-refractivity contribution in [1.82, 2.24) is 14.8 Å². The number of nitrogens with zero attached hydrogens (tertiary/aromatic N) is 3. The number of para-hydroxylation sites is 1. The predicted octanol–water partition coefficient (Wildman–Crippen LogP) is 4.63. The number of amides is 2. The van der Waals surface area contributed by atoms with Gasteiger partial charge in [0.2, 0.25) is 11.8 Å². The van der Waals surface area contributed by atoms with E-state index < -0.39 is 0 Å². The number of thioether (sulfide) groups is 1. The van der Waals surface area contributed by atoms with Crippen LogP contribution in [0.15, 0.2) is 84.0 Å². The first-order chi connectivity index (χ1) is 16.5. The summed E-state index contributed by atoms with van der Waals surface area (Å²) in [4.78, 5) is 23.7. The number of carbonyl (C=O) groups excluding carboxylic acids is 2. The van der Waals surface area contributed by atoms with Gasteiger partial charge in [-0.15, -0.1) is 10.2 Å². The highest BCUT2D eigenvalue weighted by Crippen LogP contribution is 2.29. The molecule has 0 atom stereocenters. The Hall–Kier alpha value is -4.11. The third kappa shape index (κ3) is 5.62. The zero-order valence-electron chi connectivity index (χ0n) is 18.7. The Morgan fingerprint density at radius 1 is 0.882 bits per heavy atom. The van der Waals surface area contributed by atoms with Crippen LogP contribution in [0.3, 0.4) is 0 Å². The molecule has 2 N–H and O–H groups in total. The normalized spacial score (nSPS) is 10.5. The molecule has 1 aromatic heterocycles. The van der Waals surface area contributed by atoms with Crippen molar-refractivity contribution in [1.29, 1.82) is 0 Å². The second kappa shape index (κ2) is 10.7. The van der Waals surface area contributed by atoms with E-state index in [4.69, 9.17) is 4.74 Å². The van der Waals surface area contributed by atoms with E-state index in [0.29, 0.717) is 22.4 Å². The molecule has 0 saturated heterocycles. The standard InChI is InChI=1S/C25H23N5O3S/c1-17(31)26-19-10-12-20(13-11-19)27-23(32)16-34-25-29-28-24(18-8-14-22(33-2)15-9-18)30(25)21-6-4-3-5-7-21/h3-15H,16H2,1-2H3,(H,26,31)(H,27,32). The molecule has 0 unspecified atom stereocenters. The second-order valence-corrected chi connectivity index (χ2v) is 8.24. The Morgan fingerprint density at radius 3 is 2.15 bits per heavy atom. The number of rotatable bonds is 8. The van der Waals surface area contributed by atoms with Crippen molar-refractivity contribution < 1.29 is 14.3 Å². The van der Waals surface area contributed by atoms with E-state index in [0.717, 1.165) is 17.0 Å². The molecule has 9 heteroatoms. The minimum Gasteiger partial charge on any atom is -0.497 e. The van der Waals surface area contributed by atoms with Crippen molar-refractivity contribution in [2.75, 3.05) is 23.5 Å². The summed E-state index contributed by atoms with van der Waals surface area (Å²) in [7, 11) is 1.62. The van der Waals surface area contributed by atoms with Gasteiger partial charge in [0.1, 0.15) is 5.75 Å². The topological polar surface area (TPSA) is 98.1 Å². The molecule has 172 valence electrons. The summed E-state index contributed by atoms with van der Waals surface area (Å²) in [6.07, 6.45) is 0. The SMILES string of the molecule is COc1ccc(-c2nnc(SCC(=O)Nc3ccc(NC(C)=O)cc3)n2-c2ccccc2)cc1. The van der Waals surface area contributed by atoms with Gasteiger partial charge in [0.05, 0.1) is 12.9 Å². The smallest absolute Gasteiger partial charge is 0.234 e. The monoisotopic (exact) mass is 473 g/mol. The minimum atomic E-state index is -0.175. The number of ether oxygens (including phenoxy) is 1. The molecule has 0 fully saturated rings. The van der Waals surface area contributed by atoms with Crippen LogP contribution in [-0.4, -0.2) is 39.4 Å². The molecule has 0 spiro atoms. The molecule has 1 heterocycles. The van der Waals surface area contributed by atoms with Crippen molar-refractivity contribution >= 4 is 35.0 Å². The molecule has 34 heavy (non-hydrogen) atoms. The lowest BCUT2D eigenvalue weighted by Gasteiger charge is -2.11. The Bertz CT molecular complexity index is 1270. The molecule has 0 aliphatic rings. The molecule has 0 aliphatic carbocycles. The number of anilines is 2. The van der Waals surface area contributed by atoms with Gasteiger partial charge in [-0.1, -0.05) is 30.0 Å². The number of aromatic nitrogens is 3. The largest absolute Gasteiger partial charge is 0.497 e. The van der Waals surface area contributed by atoms with Gasteiger partial charge in [-0.25, -0.2) is 0 Å². The van der Waals surface area contributed by atoms with Gasteiger partial charge >= 0.3 is 0 Å². The van der Waals surface area contributed by atoms with Crippen LogP contribution in [0.2, 0.25) is 0 Å². The van der Waals surface area contributed by atoms with Crippen LogP contribution in [0.5, 0.6) is 5.75 Å². The van der Waals surface area contributed by atoms with Crippen molar-refractivity contribution in [3.63, 3.8) is 0 Å². The molecule has 0 bridgehead atoms. The number of carbonyl (C=O) groups is 2. The van der Waals surface area contributed by atoms with Gasteiger partial charge < -0.3 is 15.4 Å². The highest BCUT2D eigenvalue weighted by Gasteiger charge is 2.17. The van der Waals surface area contributed by atoms with E-state index in [9.17, 15) is 9.59 Å². The Kier molecular flexibility index (Phi) is 7.24. The first-order valence-corrected chi connectivity index (χ1v) is 11.5. The van der Waals surface area contributed by atoms with Crippen molar-refractivity contribution in [2.45, 2.75) is 12.1 Å². The molecule has 4 rings (SSSR count). The summed E-state index contributed by atoms with van der Waals surface area (Å²) < 4.78 is 7.18. The third-order valence-electron chi connectivity index (χ3n) is 4.82. The number of hydrogen-bond acceptors (Lipinski definition) is 6. The lowest BCUT2D eigenvalue weighted by Crippen LogP contribution is -2.14. The highest BCUT2D eigenvalue weighted by molar-refractivity contribution is 7.99. The van der Waals surface area contributed by atoms with E-state index in [2.05, 4.69) is 20.8 Å². The van der Waals surface area contributed by atoms with E-state index in [-0.39, 0.29) is 17.6 Å². The summed E-state index contributed by atoms with van der Waals surface area (Å²) in [5.74, 6) is 1.26. The number of methoxy groups -OCH3 is 1. The van der Waals surface area contributed by atoms with Gasteiger partial charge in [0.25, 0.3) is 0 Å². The average Bonchev–Trinajstić information content (AvgIpc) is 3.28. The van der Waals surface area contributed by atoms with Crippen LogP contribution in [0, 0.1) is 0 Å². The van der Waals surface area contributed by atoms with Crippen LogP contribution in [0.4, 0.5) is 11.4 Å². The van der Waals surface area contributed by atoms with Crippen molar-refractivity contribution in [3.8, 4) is 22.8 Å². The maximum Gasteiger partial charge on any atom is 0.234 e. The van der Waals surface area contributed by atoms with Crippen molar-refractivity contribution in [3.05, 3.63) is 78.9 Å². The predicted molar refractivity (Wildman–Crippen MR) is 133 cm³/mol. The van der Waals surface area contributed by atoms with Gasteiger partial charge in [0.15, 0.2) is 11.0 Å². The molecule has 4 aromatic rings. The van der Waals surface area contributed by atoms with E-state index in [1.54, 1.807) is 31.4 Å². The first-order valence-electron chi connectivity index (χ1n) is 10.5. The van der Waals surface area contributed by atoms with E-state index in [1.807, 2.05) is 59.2 Å². The fourth-order valence-electron chi connectivity index (χ4n) is 3.27. The highest BCUT2D eigenvalue weighted by atomic mass is 32.2. The van der Waals surface area contributed by atoms with E-state index >= 15 is 0 Å². The second-order valence-electron chi connectivity index (χ2n) is 7.30. The van der Waals surface area contributed by atoms with Gasteiger partial charge in [-0.2, -0.15) is 0 Å². The van der Waals surface area contributed by atoms with Crippen LogP contribution in [0.25, 0.3) is 17.1 Å². The summed E-state index contributed by atoms with van der Waals surface area (Å²) >= 11 is 1.30. The molecular formula is C25H23N5O3S. The maximum absolute atomic E-state index is 12.6. The summed E-state index contributed by atoms with van der Waals surface area (Å²) in [5.41, 5.74) is 3.09. The van der Waals surface area contributed by atoms with E-state index in [1.165, 1.54) is 18.7 Å². The zero-order chi connectivity index (χ0) is 23.9. The third-order valence-corrected chi connectivity index (χ3v) is 5.75. The maximum atomic E-state index is 12.6. The lowest BCUT2D eigenvalue weighted by atomic mass is 10.2. The lowest BCUT2D eigenvalue weighted by molar-refractivity contribution is -0.114. The Balaban J connectivity index is 1.50. The zero-order valence-corrected chi connectivity index (χ0v) is 19.5. The summed E-state index contributed by atoms with van der Waals surface area (Å²) in [6, 6.07) is 24.3. The van der Waals surface area contributed by atoms with Crippen LogP contribution >= 0.6 is 11.8 Å².